The Hall–Kier alpha value is -2.13. The van der Waals surface area contributed by atoms with Gasteiger partial charge in [-0.05, 0) is 56.7 Å². The van der Waals surface area contributed by atoms with E-state index in [1.807, 2.05) is 31.2 Å². The lowest BCUT2D eigenvalue weighted by Gasteiger charge is -2.29. The fourth-order valence-electron chi connectivity index (χ4n) is 3.38. The third-order valence-electron chi connectivity index (χ3n) is 5.00. The van der Waals surface area contributed by atoms with Crippen LogP contribution in [-0.2, 0) is 14.8 Å². The lowest BCUT2D eigenvalue weighted by Crippen LogP contribution is -2.36. The van der Waals surface area contributed by atoms with E-state index < -0.39 is 15.9 Å². The van der Waals surface area contributed by atoms with Crippen LogP contribution in [0.3, 0.4) is 0 Å². The number of hydrogen-bond acceptors (Lipinski definition) is 5. The second-order valence-corrected chi connectivity index (χ2v) is 9.92. The summed E-state index contributed by atoms with van der Waals surface area (Å²) in [6.07, 6.45) is 0. The third-order valence-corrected chi connectivity index (χ3v) is 6.99. The molecular weight excluding hydrogens is 438 g/mol. The van der Waals surface area contributed by atoms with E-state index in [0.717, 1.165) is 37.6 Å². The predicted octanol–water partition coefficient (Wildman–Crippen LogP) is 3.35. The van der Waals surface area contributed by atoms with Crippen LogP contribution in [0, 0.1) is 0 Å². The zero-order valence-corrected chi connectivity index (χ0v) is 19.5. The Labute approximate surface area is 188 Å². The van der Waals surface area contributed by atoms with E-state index in [4.69, 9.17) is 16.3 Å². The molecule has 2 aromatic carbocycles. The maximum absolute atomic E-state index is 12.8. The average molecular weight is 466 g/mol. The van der Waals surface area contributed by atoms with E-state index >= 15 is 0 Å². The fourth-order valence-corrected chi connectivity index (χ4v) is 4.86. The summed E-state index contributed by atoms with van der Waals surface area (Å²) in [5, 5.41) is 3.09. The lowest BCUT2D eigenvalue weighted by atomic mass is 10.1. The predicted molar refractivity (Wildman–Crippen MR) is 122 cm³/mol. The molecular formula is C22H28ClN3O4S. The SMILES string of the molecule is CC(C)NS(=O)(=O)c1ccc(Cl)c(C(=O)NC(C)c2ccc(N3CCOCC3)cc2)c1. The number of rotatable bonds is 7. The van der Waals surface area contributed by atoms with Crippen molar-refractivity contribution in [3.63, 3.8) is 0 Å². The van der Waals surface area contributed by atoms with Crippen LogP contribution in [0.5, 0.6) is 0 Å². The highest BCUT2D eigenvalue weighted by Gasteiger charge is 2.21. The molecule has 1 amide bonds. The smallest absolute Gasteiger partial charge is 0.253 e. The maximum Gasteiger partial charge on any atom is 0.253 e. The number of morpholine rings is 1. The van der Waals surface area contributed by atoms with Crippen molar-refractivity contribution in [3.8, 4) is 0 Å². The first-order valence-electron chi connectivity index (χ1n) is 10.2. The van der Waals surface area contributed by atoms with Gasteiger partial charge in [-0.25, -0.2) is 13.1 Å². The van der Waals surface area contributed by atoms with Crippen LogP contribution >= 0.6 is 11.6 Å². The molecule has 1 aliphatic heterocycles. The molecule has 1 fully saturated rings. The third kappa shape index (κ3) is 5.98. The monoisotopic (exact) mass is 465 g/mol. The minimum Gasteiger partial charge on any atom is -0.378 e. The normalized spacial score (nSPS) is 15.7. The molecule has 9 heteroatoms. The Kier molecular flexibility index (Phi) is 7.59. The molecule has 2 aromatic rings. The highest BCUT2D eigenvalue weighted by atomic mass is 35.5. The number of anilines is 1. The molecule has 0 bridgehead atoms. The van der Waals surface area contributed by atoms with Crippen molar-refractivity contribution in [2.45, 2.75) is 37.8 Å². The fraction of sp³-hybridized carbons (Fsp3) is 0.409. The molecule has 1 heterocycles. The van der Waals surface area contributed by atoms with E-state index in [0.29, 0.717) is 0 Å². The molecule has 1 aliphatic rings. The van der Waals surface area contributed by atoms with Gasteiger partial charge < -0.3 is 15.0 Å². The Morgan fingerprint density at radius 3 is 2.32 bits per heavy atom. The molecule has 0 aromatic heterocycles. The van der Waals surface area contributed by atoms with E-state index in [1.165, 1.54) is 18.2 Å². The summed E-state index contributed by atoms with van der Waals surface area (Å²) < 4.78 is 32.8. The van der Waals surface area contributed by atoms with Gasteiger partial charge in [-0.1, -0.05) is 23.7 Å². The van der Waals surface area contributed by atoms with Gasteiger partial charge in [0.1, 0.15) is 0 Å². The van der Waals surface area contributed by atoms with Crippen molar-refractivity contribution in [3.05, 3.63) is 58.6 Å². The van der Waals surface area contributed by atoms with Crippen LogP contribution in [0.2, 0.25) is 5.02 Å². The van der Waals surface area contributed by atoms with Crippen LogP contribution in [0.15, 0.2) is 47.4 Å². The van der Waals surface area contributed by atoms with Gasteiger partial charge in [-0.2, -0.15) is 0 Å². The summed E-state index contributed by atoms with van der Waals surface area (Å²) in [4.78, 5) is 15.1. The summed E-state index contributed by atoms with van der Waals surface area (Å²) in [6, 6.07) is 11.6. The minimum absolute atomic E-state index is 0.00160. The van der Waals surface area contributed by atoms with Crippen molar-refractivity contribution in [1.82, 2.24) is 10.0 Å². The van der Waals surface area contributed by atoms with E-state index in [2.05, 4.69) is 14.9 Å². The summed E-state index contributed by atoms with van der Waals surface area (Å²) in [7, 11) is -3.73. The number of benzene rings is 2. The van der Waals surface area contributed by atoms with Crippen molar-refractivity contribution in [2.24, 2.45) is 0 Å². The molecule has 31 heavy (non-hydrogen) atoms. The summed E-state index contributed by atoms with van der Waals surface area (Å²) in [6.45, 7) is 8.48. The number of carbonyl (C=O) groups excluding carboxylic acids is 1. The number of hydrogen-bond donors (Lipinski definition) is 2. The Balaban J connectivity index is 1.72. The Bertz CT molecular complexity index is 1020. The molecule has 1 saturated heterocycles. The quantitative estimate of drug-likeness (QED) is 0.654. The maximum atomic E-state index is 12.8. The van der Waals surface area contributed by atoms with Gasteiger partial charge in [0.25, 0.3) is 5.91 Å². The second-order valence-electron chi connectivity index (χ2n) is 7.80. The van der Waals surface area contributed by atoms with E-state index in [1.54, 1.807) is 13.8 Å². The summed E-state index contributed by atoms with van der Waals surface area (Å²) in [5.74, 6) is -0.434. The van der Waals surface area contributed by atoms with E-state index in [9.17, 15) is 13.2 Å². The lowest BCUT2D eigenvalue weighted by molar-refractivity contribution is 0.0939. The van der Waals surface area contributed by atoms with Gasteiger partial charge in [0.05, 0.1) is 34.7 Å². The number of halogens is 1. The molecule has 3 rings (SSSR count). The van der Waals surface area contributed by atoms with Gasteiger partial charge in [0, 0.05) is 24.8 Å². The molecule has 7 nitrogen and oxygen atoms in total. The van der Waals surface area contributed by atoms with E-state index in [-0.39, 0.29) is 27.6 Å². The molecule has 0 spiro atoms. The van der Waals surface area contributed by atoms with Crippen molar-refractivity contribution in [2.75, 3.05) is 31.2 Å². The number of amides is 1. The topological polar surface area (TPSA) is 87.7 Å². The first-order chi connectivity index (χ1) is 14.7. The zero-order chi connectivity index (χ0) is 22.6. The van der Waals surface area contributed by atoms with Crippen molar-refractivity contribution < 1.29 is 17.9 Å². The summed E-state index contributed by atoms with van der Waals surface area (Å²) >= 11 is 6.19. The van der Waals surface area contributed by atoms with Crippen molar-refractivity contribution >= 4 is 33.2 Å². The second kappa shape index (κ2) is 9.99. The minimum atomic E-state index is -3.73. The number of nitrogens with one attached hydrogen (secondary N) is 2. The molecule has 0 saturated carbocycles. The molecule has 1 unspecified atom stereocenters. The highest BCUT2D eigenvalue weighted by Crippen LogP contribution is 2.23. The largest absolute Gasteiger partial charge is 0.378 e. The molecule has 1 atom stereocenters. The molecule has 0 aliphatic carbocycles. The summed E-state index contributed by atoms with van der Waals surface area (Å²) in [5.41, 5.74) is 2.17. The van der Waals surface area contributed by atoms with Gasteiger partial charge in [-0.15, -0.1) is 0 Å². The molecule has 0 radical (unpaired) electrons. The van der Waals surface area contributed by atoms with Crippen LogP contribution in [0.1, 0.15) is 42.7 Å². The molecule has 168 valence electrons. The van der Waals surface area contributed by atoms with Crippen LogP contribution in [-0.4, -0.2) is 46.7 Å². The van der Waals surface area contributed by atoms with Crippen LogP contribution < -0.4 is 14.9 Å². The van der Waals surface area contributed by atoms with Gasteiger partial charge in [0.15, 0.2) is 0 Å². The first-order valence-corrected chi connectivity index (χ1v) is 12.1. The highest BCUT2D eigenvalue weighted by molar-refractivity contribution is 7.89. The van der Waals surface area contributed by atoms with Crippen LogP contribution in [0.25, 0.3) is 0 Å². The standard InChI is InChI=1S/C22H28ClN3O4S/c1-15(2)25-31(28,29)19-8-9-21(23)20(14-19)22(27)24-16(3)17-4-6-18(7-5-17)26-10-12-30-13-11-26/h4-9,14-16,25H,10-13H2,1-3H3,(H,24,27). The number of ether oxygens (including phenoxy) is 1. The van der Waals surface area contributed by atoms with Crippen molar-refractivity contribution in [1.29, 1.82) is 0 Å². The van der Waals surface area contributed by atoms with Gasteiger partial charge in [-0.3, -0.25) is 4.79 Å². The zero-order valence-electron chi connectivity index (χ0n) is 17.9. The first kappa shape index (κ1) is 23.5. The average Bonchev–Trinajstić information content (AvgIpc) is 2.73. The van der Waals surface area contributed by atoms with Gasteiger partial charge >= 0.3 is 0 Å². The Morgan fingerprint density at radius 2 is 1.71 bits per heavy atom. The van der Waals surface area contributed by atoms with Crippen LogP contribution in [0.4, 0.5) is 5.69 Å². The number of carbonyl (C=O) groups is 1. The number of nitrogens with zero attached hydrogens (tertiary/aromatic N) is 1. The van der Waals surface area contributed by atoms with Gasteiger partial charge in [0.2, 0.25) is 10.0 Å². The Morgan fingerprint density at radius 1 is 1.06 bits per heavy atom. The number of sulfonamides is 1. The molecule has 2 N–H and O–H groups in total.